The Balaban J connectivity index is 2.10. The first-order valence-corrected chi connectivity index (χ1v) is 7.40. The van der Waals surface area contributed by atoms with Gasteiger partial charge in [-0.2, -0.15) is 5.26 Å². The van der Waals surface area contributed by atoms with E-state index in [1.807, 2.05) is 12.1 Å². The Morgan fingerprint density at radius 1 is 1.29 bits per heavy atom. The molecule has 0 atom stereocenters. The van der Waals surface area contributed by atoms with E-state index in [4.69, 9.17) is 5.26 Å². The highest BCUT2D eigenvalue weighted by Gasteiger charge is 2.14. The van der Waals surface area contributed by atoms with Crippen molar-refractivity contribution in [1.82, 2.24) is 15.0 Å². The van der Waals surface area contributed by atoms with Crippen molar-refractivity contribution in [1.29, 1.82) is 5.26 Å². The lowest BCUT2D eigenvalue weighted by Crippen LogP contribution is -1.88. The van der Waals surface area contributed by atoms with Crippen molar-refractivity contribution in [2.45, 2.75) is 13.3 Å². The van der Waals surface area contributed by atoms with E-state index >= 15 is 0 Å². The van der Waals surface area contributed by atoms with E-state index < -0.39 is 0 Å². The maximum atomic E-state index is 9.02. The Hall–Kier alpha value is -2.58. The number of nitrogens with zero attached hydrogens (tertiary/aromatic N) is 4. The Kier molecular flexibility index (Phi) is 3.71. The summed E-state index contributed by atoms with van der Waals surface area (Å²) < 4.78 is 0. The molecule has 3 heterocycles. The monoisotopic (exact) mass is 292 g/mol. The highest BCUT2D eigenvalue weighted by atomic mass is 32.1. The molecule has 0 aliphatic rings. The largest absolute Gasteiger partial charge is 0.264 e. The van der Waals surface area contributed by atoms with E-state index in [9.17, 15) is 0 Å². The number of hydrogen-bond donors (Lipinski definition) is 0. The van der Waals surface area contributed by atoms with E-state index in [-0.39, 0.29) is 0 Å². The average molecular weight is 292 g/mol. The van der Waals surface area contributed by atoms with Gasteiger partial charge in [-0.1, -0.05) is 6.92 Å². The second-order valence-corrected chi connectivity index (χ2v) is 5.43. The maximum absolute atomic E-state index is 9.02. The van der Waals surface area contributed by atoms with Crippen LogP contribution in [0.5, 0.6) is 0 Å². The van der Waals surface area contributed by atoms with Crippen molar-refractivity contribution < 1.29 is 0 Å². The first-order chi connectivity index (χ1) is 10.3. The fourth-order valence-corrected chi connectivity index (χ4v) is 3.14. The van der Waals surface area contributed by atoms with Crippen LogP contribution in [0.2, 0.25) is 0 Å². The normalized spacial score (nSPS) is 10.3. The molecule has 3 rings (SSSR count). The van der Waals surface area contributed by atoms with Crippen LogP contribution < -0.4 is 0 Å². The van der Waals surface area contributed by atoms with Crippen molar-refractivity contribution >= 4 is 11.3 Å². The molecule has 0 bridgehead atoms. The predicted molar refractivity (Wildman–Crippen MR) is 82.7 cm³/mol. The molecular formula is C16H12N4S. The molecular weight excluding hydrogens is 280 g/mol. The topological polar surface area (TPSA) is 62.5 Å². The molecule has 0 aromatic carbocycles. The molecule has 3 aromatic heterocycles. The molecule has 0 aliphatic carbocycles. The molecule has 3 aromatic rings. The summed E-state index contributed by atoms with van der Waals surface area (Å²) >= 11 is 1.59. The van der Waals surface area contributed by atoms with E-state index in [1.165, 1.54) is 0 Å². The number of aromatic nitrogens is 3. The summed E-state index contributed by atoms with van der Waals surface area (Å²) in [5.74, 6) is 0. The van der Waals surface area contributed by atoms with Crippen LogP contribution in [0.25, 0.3) is 21.1 Å². The van der Waals surface area contributed by atoms with Gasteiger partial charge in [-0.3, -0.25) is 9.97 Å². The van der Waals surface area contributed by atoms with Gasteiger partial charge in [0, 0.05) is 24.2 Å². The SMILES string of the molecule is CCc1nc(-c2cccnc2)sc1-c1cc(C#N)ccn1. The summed E-state index contributed by atoms with van der Waals surface area (Å²) in [6, 6.07) is 9.55. The second-order valence-electron chi connectivity index (χ2n) is 4.43. The van der Waals surface area contributed by atoms with Gasteiger partial charge in [0.25, 0.3) is 0 Å². The molecule has 0 spiro atoms. The molecule has 0 radical (unpaired) electrons. The third-order valence-corrected chi connectivity index (χ3v) is 4.23. The zero-order chi connectivity index (χ0) is 14.7. The molecule has 0 unspecified atom stereocenters. The van der Waals surface area contributed by atoms with Crippen LogP contribution in [0.3, 0.4) is 0 Å². The minimum atomic E-state index is 0.610. The minimum Gasteiger partial charge on any atom is -0.264 e. The lowest BCUT2D eigenvalue weighted by atomic mass is 10.2. The fourth-order valence-electron chi connectivity index (χ4n) is 2.03. The molecule has 0 N–H and O–H groups in total. The van der Waals surface area contributed by atoms with E-state index in [0.29, 0.717) is 5.56 Å². The average Bonchev–Trinajstić information content (AvgIpc) is 3.00. The van der Waals surface area contributed by atoms with Gasteiger partial charge < -0.3 is 0 Å². The van der Waals surface area contributed by atoms with Gasteiger partial charge in [-0.05, 0) is 30.7 Å². The number of pyridine rings is 2. The van der Waals surface area contributed by atoms with Crippen LogP contribution in [0.15, 0.2) is 42.9 Å². The number of thiazole rings is 1. The summed E-state index contributed by atoms with van der Waals surface area (Å²) in [4.78, 5) is 14.2. The van der Waals surface area contributed by atoms with Crippen LogP contribution in [0, 0.1) is 11.3 Å². The molecule has 102 valence electrons. The summed E-state index contributed by atoms with van der Waals surface area (Å²) in [7, 11) is 0. The van der Waals surface area contributed by atoms with Crippen LogP contribution >= 0.6 is 11.3 Å². The molecule has 0 saturated heterocycles. The Morgan fingerprint density at radius 2 is 2.19 bits per heavy atom. The van der Waals surface area contributed by atoms with Crippen LogP contribution in [-0.2, 0) is 6.42 Å². The van der Waals surface area contributed by atoms with E-state index in [0.717, 1.165) is 33.3 Å². The van der Waals surface area contributed by atoms with Gasteiger partial charge in [-0.25, -0.2) is 4.98 Å². The second kappa shape index (κ2) is 5.81. The van der Waals surface area contributed by atoms with Crippen molar-refractivity contribution in [3.63, 3.8) is 0 Å². The van der Waals surface area contributed by atoms with Gasteiger partial charge in [0.1, 0.15) is 5.01 Å². The van der Waals surface area contributed by atoms with Crippen molar-refractivity contribution in [2.24, 2.45) is 0 Å². The molecule has 0 amide bonds. The molecule has 4 nitrogen and oxygen atoms in total. The van der Waals surface area contributed by atoms with Crippen molar-refractivity contribution in [2.75, 3.05) is 0 Å². The summed E-state index contributed by atoms with van der Waals surface area (Å²) in [5.41, 5.74) is 3.42. The fraction of sp³-hybridized carbons (Fsp3) is 0.125. The Bertz CT molecular complexity index is 803. The van der Waals surface area contributed by atoms with Gasteiger partial charge in [-0.15, -0.1) is 11.3 Å². The van der Waals surface area contributed by atoms with E-state index in [2.05, 4.69) is 27.9 Å². The zero-order valence-corrected chi connectivity index (χ0v) is 12.3. The Labute approximate surface area is 126 Å². The lowest BCUT2D eigenvalue weighted by molar-refractivity contribution is 1.06. The molecule has 0 aliphatic heterocycles. The first-order valence-electron chi connectivity index (χ1n) is 6.58. The number of rotatable bonds is 3. The molecule has 5 heteroatoms. The first kappa shape index (κ1) is 13.4. The molecule has 0 saturated carbocycles. The maximum Gasteiger partial charge on any atom is 0.125 e. The summed E-state index contributed by atoms with van der Waals surface area (Å²) in [6.07, 6.45) is 6.04. The van der Waals surface area contributed by atoms with Gasteiger partial charge in [0.05, 0.1) is 27.9 Å². The number of hydrogen-bond acceptors (Lipinski definition) is 5. The Morgan fingerprint density at radius 3 is 2.90 bits per heavy atom. The quantitative estimate of drug-likeness (QED) is 0.738. The van der Waals surface area contributed by atoms with Crippen LogP contribution in [0.1, 0.15) is 18.2 Å². The summed E-state index contributed by atoms with van der Waals surface area (Å²) in [6.45, 7) is 2.07. The highest BCUT2D eigenvalue weighted by Crippen LogP contribution is 2.34. The highest BCUT2D eigenvalue weighted by molar-refractivity contribution is 7.18. The smallest absolute Gasteiger partial charge is 0.125 e. The summed E-state index contributed by atoms with van der Waals surface area (Å²) in [5, 5.41) is 9.95. The lowest BCUT2D eigenvalue weighted by Gasteiger charge is -1.99. The van der Waals surface area contributed by atoms with Gasteiger partial charge in [0.2, 0.25) is 0 Å². The van der Waals surface area contributed by atoms with Gasteiger partial charge >= 0.3 is 0 Å². The standard InChI is InChI=1S/C16H12N4S/c1-2-13-15(14-8-11(9-17)5-7-19-14)21-16(20-13)12-4-3-6-18-10-12/h3-8,10H,2H2,1H3. The zero-order valence-electron chi connectivity index (χ0n) is 11.4. The van der Waals surface area contributed by atoms with E-state index in [1.54, 1.807) is 42.1 Å². The van der Waals surface area contributed by atoms with Crippen LogP contribution in [-0.4, -0.2) is 15.0 Å². The van der Waals surface area contributed by atoms with Crippen molar-refractivity contribution in [3.05, 3.63) is 54.1 Å². The predicted octanol–water partition coefficient (Wildman–Crippen LogP) is 3.70. The van der Waals surface area contributed by atoms with Gasteiger partial charge in [0.15, 0.2) is 0 Å². The third kappa shape index (κ3) is 2.67. The molecule has 21 heavy (non-hydrogen) atoms. The van der Waals surface area contributed by atoms with Crippen LogP contribution in [0.4, 0.5) is 0 Å². The number of nitriles is 1. The number of aryl methyl sites for hydroxylation is 1. The molecule has 0 fully saturated rings. The third-order valence-electron chi connectivity index (χ3n) is 3.06. The minimum absolute atomic E-state index is 0.610. The van der Waals surface area contributed by atoms with Crippen molar-refractivity contribution in [3.8, 4) is 27.2 Å².